The minimum absolute atomic E-state index is 0.162. The van der Waals surface area contributed by atoms with Crippen LogP contribution in [0.5, 0.6) is 0 Å². The zero-order valence-electron chi connectivity index (χ0n) is 16.4. The number of para-hydroxylation sites is 1. The first-order valence-electron chi connectivity index (χ1n) is 9.04. The van der Waals surface area contributed by atoms with Crippen molar-refractivity contribution in [2.75, 3.05) is 27.3 Å². The third-order valence-corrected chi connectivity index (χ3v) is 4.50. The van der Waals surface area contributed by atoms with Crippen molar-refractivity contribution in [1.82, 2.24) is 9.88 Å². The molecule has 6 heteroatoms. The molecule has 1 aromatic heterocycles. The van der Waals surface area contributed by atoms with E-state index < -0.39 is 11.9 Å². The number of esters is 2. The van der Waals surface area contributed by atoms with Crippen molar-refractivity contribution in [1.29, 1.82) is 0 Å². The Bertz CT molecular complexity index is 1000. The summed E-state index contributed by atoms with van der Waals surface area (Å²) in [7, 11) is 2.62. The molecule has 0 unspecified atom stereocenters. The van der Waals surface area contributed by atoms with E-state index in [0.29, 0.717) is 25.2 Å². The minimum Gasteiger partial charge on any atom is -0.465 e. The Morgan fingerprint density at radius 2 is 2.07 bits per heavy atom. The average Bonchev–Trinajstić information content (AvgIpc) is 3.10. The molecule has 1 aromatic carbocycles. The van der Waals surface area contributed by atoms with Gasteiger partial charge >= 0.3 is 11.9 Å². The van der Waals surface area contributed by atoms with Gasteiger partial charge in [0.15, 0.2) is 0 Å². The predicted molar refractivity (Wildman–Crippen MR) is 104 cm³/mol. The Labute approximate surface area is 159 Å². The first kappa shape index (κ1) is 17.1. The lowest BCUT2D eigenvalue weighted by molar-refractivity contribution is -0.136. The normalized spacial score (nSPS) is 14.3. The van der Waals surface area contributed by atoms with E-state index in [-0.39, 0.29) is 17.2 Å². The van der Waals surface area contributed by atoms with Crippen LogP contribution in [0.2, 0.25) is 0 Å². The molecule has 140 valence electrons. The Morgan fingerprint density at radius 3 is 2.81 bits per heavy atom. The summed E-state index contributed by atoms with van der Waals surface area (Å²) in [6.45, 7) is 4.99. The zero-order valence-corrected chi connectivity index (χ0v) is 15.4. The van der Waals surface area contributed by atoms with Gasteiger partial charge in [-0.15, -0.1) is 0 Å². The van der Waals surface area contributed by atoms with Crippen molar-refractivity contribution in [2.45, 2.75) is 6.42 Å². The fraction of sp³-hybridized carbons (Fsp3) is 0.238. The molecular weight excluding hydrogens is 344 g/mol. The second-order valence-corrected chi connectivity index (χ2v) is 6.12. The molecular formula is C21H22N2O4. The van der Waals surface area contributed by atoms with E-state index in [1.807, 2.05) is 29.2 Å². The van der Waals surface area contributed by atoms with E-state index >= 15 is 0 Å². The van der Waals surface area contributed by atoms with Crippen LogP contribution in [0.15, 0.2) is 54.7 Å². The number of benzene rings is 1. The van der Waals surface area contributed by atoms with Crippen molar-refractivity contribution >= 4 is 28.4 Å². The summed E-state index contributed by atoms with van der Waals surface area (Å²) in [5, 5.41) is 1.01. The fourth-order valence-corrected chi connectivity index (χ4v) is 3.12. The number of nitrogens with one attached hydrogen (secondary N) is 1. The number of ether oxygens (including phenoxy) is 2. The highest BCUT2D eigenvalue weighted by atomic mass is 16.5. The van der Waals surface area contributed by atoms with Crippen LogP contribution >= 0.6 is 0 Å². The zero-order chi connectivity index (χ0) is 20.3. The van der Waals surface area contributed by atoms with Gasteiger partial charge in [0.1, 0.15) is 0 Å². The van der Waals surface area contributed by atoms with Crippen molar-refractivity contribution in [2.24, 2.45) is 0 Å². The van der Waals surface area contributed by atoms with Gasteiger partial charge in [0, 0.05) is 30.2 Å². The molecule has 3 rings (SSSR count). The summed E-state index contributed by atoms with van der Waals surface area (Å²) in [6, 6.07) is 7.95. The summed E-state index contributed by atoms with van der Waals surface area (Å²) in [4.78, 5) is 29.0. The molecule has 2 heterocycles. The summed E-state index contributed by atoms with van der Waals surface area (Å²) < 4.78 is 17.4. The standard InChI is InChI=1S/C21H22N2O4/c1-14(20(24)26-2)19-17(16-8-4-5-9-18(16)22-19)10-12-23-11-6-7-15(13-23)21(25)27-3/h4-9,13,22H,1,10-12H2,2-3H3/i7D. The smallest absolute Gasteiger partial charge is 0.339 e. The van der Waals surface area contributed by atoms with E-state index in [4.69, 9.17) is 10.8 Å². The van der Waals surface area contributed by atoms with Gasteiger partial charge in [-0.3, -0.25) is 0 Å². The van der Waals surface area contributed by atoms with Crippen LogP contribution in [-0.2, 0) is 25.5 Å². The van der Waals surface area contributed by atoms with Gasteiger partial charge in [-0.2, -0.15) is 0 Å². The molecule has 1 aliphatic rings. The van der Waals surface area contributed by atoms with Gasteiger partial charge in [-0.05, 0) is 24.1 Å². The second-order valence-electron chi connectivity index (χ2n) is 6.12. The van der Waals surface area contributed by atoms with Gasteiger partial charge in [0.25, 0.3) is 0 Å². The lowest BCUT2D eigenvalue weighted by Crippen LogP contribution is -2.25. The maximum Gasteiger partial charge on any atom is 0.339 e. The Kier molecular flexibility index (Phi) is 5.05. The highest BCUT2D eigenvalue weighted by molar-refractivity contribution is 6.16. The number of H-pyrrole nitrogens is 1. The molecule has 0 spiro atoms. The summed E-state index contributed by atoms with van der Waals surface area (Å²) >= 11 is 0. The number of fused-ring (bicyclic) bond motifs is 1. The molecule has 27 heavy (non-hydrogen) atoms. The quantitative estimate of drug-likeness (QED) is 0.628. The van der Waals surface area contributed by atoms with Crippen molar-refractivity contribution < 1.29 is 20.4 Å². The lowest BCUT2D eigenvalue weighted by atomic mass is 10.0. The van der Waals surface area contributed by atoms with Gasteiger partial charge < -0.3 is 19.4 Å². The van der Waals surface area contributed by atoms with Crippen LogP contribution in [0.4, 0.5) is 0 Å². The molecule has 2 aromatic rings. The number of hydrogen-bond donors (Lipinski definition) is 1. The molecule has 0 fully saturated rings. The van der Waals surface area contributed by atoms with Crippen LogP contribution in [0, 0.1) is 0 Å². The monoisotopic (exact) mass is 367 g/mol. The van der Waals surface area contributed by atoms with Crippen molar-refractivity contribution in [3.63, 3.8) is 0 Å². The van der Waals surface area contributed by atoms with Crippen LogP contribution in [0.1, 0.15) is 12.6 Å². The number of rotatable bonds is 6. The minimum atomic E-state index is -0.530. The molecule has 0 saturated heterocycles. The van der Waals surface area contributed by atoms with Crippen LogP contribution in [0.25, 0.3) is 16.5 Å². The molecule has 1 aliphatic heterocycles. The fourth-order valence-electron chi connectivity index (χ4n) is 3.12. The van der Waals surface area contributed by atoms with Crippen LogP contribution in [0.3, 0.4) is 0 Å². The largest absolute Gasteiger partial charge is 0.465 e. The Morgan fingerprint density at radius 1 is 1.30 bits per heavy atom. The highest BCUT2D eigenvalue weighted by Gasteiger charge is 2.20. The third-order valence-electron chi connectivity index (χ3n) is 4.50. The molecule has 6 nitrogen and oxygen atoms in total. The molecule has 0 aliphatic carbocycles. The maximum atomic E-state index is 12.0. The van der Waals surface area contributed by atoms with E-state index in [1.54, 1.807) is 12.3 Å². The van der Waals surface area contributed by atoms with Crippen molar-refractivity contribution in [3.8, 4) is 0 Å². The summed E-state index contributed by atoms with van der Waals surface area (Å²) in [5.74, 6) is -1.02. The van der Waals surface area contributed by atoms with E-state index in [0.717, 1.165) is 16.5 Å². The molecule has 0 bridgehead atoms. The van der Waals surface area contributed by atoms with Gasteiger partial charge in [0.2, 0.25) is 0 Å². The lowest BCUT2D eigenvalue weighted by Gasteiger charge is -2.22. The van der Waals surface area contributed by atoms with Crippen LogP contribution < -0.4 is 0 Å². The number of hydrogen-bond acceptors (Lipinski definition) is 5. The van der Waals surface area contributed by atoms with E-state index in [2.05, 4.69) is 11.6 Å². The second kappa shape index (κ2) is 7.95. The number of carbonyl (C=O) groups excluding carboxylic acids is 2. The number of carbonyl (C=O) groups is 2. The first-order chi connectivity index (χ1) is 13.5. The van der Waals surface area contributed by atoms with Crippen molar-refractivity contribution in [3.05, 3.63) is 66.0 Å². The average molecular weight is 367 g/mol. The third kappa shape index (κ3) is 3.79. The van der Waals surface area contributed by atoms with Crippen LogP contribution in [-0.4, -0.2) is 49.1 Å². The van der Waals surface area contributed by atoms with E-state index in [9.17, 15) is 9.59 Å². The molecule has 0 amide bonds. The van der Waals surface area contributed by atoms with Gasteiger partial charge in [0.05, 0.1) is 32.4 Å². The number of aromatic nitrogens is 1. The molecule has 1 N–H and O–H groups in total. The predicted octanol–water partition coefficient (Wildman–Crippen LogP) is 2.83. The first-order valence-corrected chi connectivity index (χ1v) is 8.54. The number of aromatic amines is 1. The van der Waals surface area contributed by atoms with E-state index in [1.165, 1.54) is 14.2 Å². The highest BCUT2D eigenvalue weighted by Crippen LogP contribution is 2.28. The SMILES string of the molecule is [2H]C1=CCN(CCc2c(C(=C)C(=O)OC)[nH]c3ccccc23)C=C1C(=O)OC. The summed E-state index contributed by atoms with van der Waals surface area (Å²) in [6.07, 6.45) is 3.94. The Balaban J connectivity index is 1.88. The maximum absolute atomic E-state index is 12.0. The Hall–Kier alpha value is -3.28. The molecule has 0 radical (unpaired) electrons. The number of methoxy groups -OCH3 is 2. The van der Waals surface area contributed by atoms with Gasteiger partial charge in [-0.1, -0.05) is 30.9 Å². The molecule has 0 atom stereocenters. The topological polar surface area (TPSA) is 71.6 Å². The van der Waals surface area contributed by atoms with Gasteiger partial charge in [-0.25, -0.2) is 9.59 Å². The molecule has 0 saturated carbocycles. The summed E-state index contributed by atoms with van der Waals surface area (Å²) in [5.41, 5.74) is 3.02. The number of nitrogens with zero attached hydrogens (tertiary/aromatic N) is 1.